The average molecular weight is 566 g/mol. The van der Waals surface area contributed by atoms with Gasteiger partial charge >= 0.3 is 12.1 Å². The number of amides is 3. The van der Waals surface area contributed by atoms with Gasteiger partial charge in [-0.05, 0) is 42.3 Å². The second kappa shape index (κ2) is 13.6. The SMILES string of the molecule is O=C(O)NC(COCc1ccccc1)c1nc2cccc(Cl)c2c(=O)n1-c1cccc(NC(=O)NCCCO)c1. The largest absolute Gasteiger partial charge is 0.465 e. The van der Waals surface area contributed by atoms with Crippen molar-refractivity contribution in [3.8, 4) is 5.69 Å². The van der Waals surface area contributed by atoms with Gasteiger partial charge in [-0.2, -0.15) is 0 Å². The first-order valence-electron chi connectivity index (χ1n) is 12.5. The van der Waals surface area contributed by atoms with Gasteiger partial charge < -0.3 is 30.9 Å². The summed E-state index contributed by atoms with van der Waals surface area (Å²) < 4.78 is 7.10. The highest BCUT2D eigenvalue weighted by Crippen LogP contribution is 2.24. The van der Waals surface area contributed by atoms with Gasteiger partial charge in [0.05, 0.1) is 34.8 Å². The van der Waals surface area contributed by atoms with Crippen molar-refractivity contribution >= 4 is 40.3 Å². The Hall–Kier alpha value is -4.45. The summed E-state index contributed by atoms with van der Waals surface area (Å²) in [6.45, 7) is 0.321. The second-order valence-corrected chi connectivity index (χ2v) is 9.16. The first-order valence-corrected chi connectivity index (χ1v) is 12.8. The molecule has 3 amide bonds. The number of carbonyl (C=O) groups is 2. The topological polar surface area (TPSA) is 155 Å². The molecule has 3 aromatic carbocycles. The number of hydrogen-bond donors (Lipinski definition) is 5. The zero-order chi connectivity index (χ0) is 28.5. The molecule has 12 heteroatoms. The Morgan fingerprint density at radius 3 is 2.58 bits per heavy atom. The molecule has 40 heavy (non-hydrogen) atoms. The number of carbonyl (C=O) groups excluding carboxylic acids is 1. The third-order valence-electron chi connectivity index (χ3n) is 5.86. The van der Waals surface area contributed by atoms with Crippen LogP contribution in [0.15, 0.2) is 77.6 Å². The number of rotatable bonds is 11. The average Bonchev–Trinajstić information content (AvgIpc) is 2.93. The molecule has 208 valence electrons. The molecule has 11 nitrogen and oxygen atoms in total. The van der Waals surface area contributed by atoms with Crippen LogP contribution in [0.25, 0.3) is 16.6 Å². The lowest BCUT2D eigenvalue weighted by Crippen LogP contribution is -2.36. The molecule has 0 bridgehead atoms. The predicted molar refractivity (Wildman–Crippen MR) is 151 cm³/mol. The summed E-state index contributed by atoms with van der Waals surface area (Å²) in [6, 6.07) is 19.2. The highest BCUT2D eigenvalue weighted by Gasteiger charge is 2.24. The van der Waals surface area contributed by atoms with E-state index in [4.69, 9.17) is 21.4 Å². The van der Waals surface area contributed by atoms with Crippen LogP contribution >= 0.6 is 11.6 Å². The minimum Gasteiger partial charge on any atom is -0.465 e. The molecule has 0 spiro atoms. The molecule has 4 aromatic rings. The van der Waals surface area contributed by atoms with Crippen molar-refractivity contribution in [1.29, 1.82) is 0 Å². The molecule has 5 N–H and O–H groups in total. The fourth-order valence-electron chi connectivity index (χ4n) is 4.07. The van der Waals surface area contributed by atoms with E-state index >= 15 is 0 Å². The Labute approximate surface area is 234 Å². The number of nitrogens with zero attached hydrogens (tertiary/aromatic N) is 2. The summed E-state index contributed by atoms with van der Waals surface area (Å²) in [5, 5.41) is 26.6. The van der Waals surface area contributed by atoms with E-state index in [-0.39, 0.29) is 42.6 Å². The minimum atomic E-state index is -1.32. The molecule has 4 rings (SSSR count). The first kappa shape index (κ1) is 28.6. The molecule has 0 aliphatic carbocycles. The molecule has 0 saturated heterocycles. The van der Waals surface area contributed by atoms with Gasteiger partial charge in [-0.15, -0.1) is 0 Å². The van der Waals surface area contributed by atoms with Crippen LogP contribution in [0.3, 0.4) is 0 Å². The van der Waals surface area contributed by atoms with Crippen molar-refractivity contribution in [2.45, 2.75) is 19.1 Å². The van der Waals surface area contributed by atoms with E-state index in [1.807, 2.05) is 30.3 Å². The van der Waals surface area contributed by atoms with Gasteiger partial charge in [-0.3, -0.25) is 9.36 Å². The Bertz CT molecular complexity index is 1550. The normalized spacial score (nSPS) is 11.7. The summed E-state index contributed by atoms with van der Waals surface area (Å²) in [7, 11) is 0. The summed E-state index contributed by atoms with van der Waals surface area (Å²) >= 11 is 6.38. The smallest absolute Gasteiger partial charge is 0.405 e. The van der Waals surface area contributed by atoms with Gasteiger partial charge in [-0.1, -0.05) is 54.1 Å². The molecule has 0 radical (unpaired) electrons. The van der Waals surface area contributed by atoms with E-state index in [9.17, 15) is 19.5 Å². The highest BCUT2D eigenvalue weighted by molar-refractivity contribution is 6.35. The van der Waals surface area contributed by atoms with Gasteiger partial charge in [0.25, 0.3) is 5.56 Å². The molecule has 1 atom stereocenters. The highest BCUT2D eigenvalue weighted by atomic mass is 35.5. The Morgan fingerprint density at radius 2 is 1.82 bits per heavy atom. The van der Waals surface area contributed by atoms with Gasteiger partial charge in [0.15, 0.2) is 0 Å². The van der Waals surface area contributed by atoms with E-state index in [0.717, 1.165) is 5.56 Å². The summed E-state index contributed by atoms with van der Waals surface area (Å²) in [4.78, 5) is 42.5. The van der Waals surface area contributed by atoms with E-state index in [1.165, 1.54) is 4.57 Å². The lowest BCUT2D eigenvalue weighted by Gasteiger charge is -2.22. The number of fused-ring (bicyclic) bond motifs is 1. The van der Waals surface area contributed by atoms with Crippen LogP contribution in [0.5, 0.6) is 0 Å². The third kappa shape index (κ3) is 7.14. The molecule has 0 fully saturated rings. The molecular weight excluding hydrogens is 538 g/mol. The van der Waals surface area contributed by atoms with Crippen molar-refractivity contribution in [2.75, 3.05) is 25.1 Å². The van der Waals surface area contributed by atoms with Crippen molar-refractivity contribution in [1.82, 2.24) is 20.2 Å². The summed E-state index contributed by atoms with van der Waals surface area (Å²) in [5.41, 5.74) is 1.36. The van der Waals surface area contributed by atoms with Crippen LogP contribution < -0.4 is 21.5 Å². The number of carboxylic acid groups (broad SMARTS) is 1. The molecular formula is C28H28ClN5O6. The monoisotopic (exact) mass is 565 g/mol. The van der Waals surface area contributed by atoms with Crippen molar-refractivity contribution in [3.05, 3.63) is 99.6 Å². The number of urea groups is 1. The number of aliphatic hydroxyl groups excluding tert-OH is 1. The van der Waals surface area contributed by atoms with Crippen LogP contribution in [0.4, 0.5) is 15.3 Å². The number of aliphatic hydroxyl groups is 1. The second-order valence-electron chi connectivity index (χ2n) is 8.76. The summed E-state index contributed by atoms with van der Waals surface area (Å²) in [6.07, 6.45) is -0.921. The standard InChI is InChI=1S/C28H28ClN5O6/c29-21-11-5-12-22-24(21)26(36)34(20-10-4-9-19(15-20)31-27(37)30-13-6-14-35)25(32-22)23(33-28(38)39)17-40-16-18-7-2-1-3-8-18/h1-5,7-12,15,23,33,35H,6,13-14,16-17H2,(H,38,39)(H2,30,31,37). The zero-order valence-corrected chi connectivity index (χ0v) is 22.1. The lowest BCUT2D eigenvalue weighted by atomic mass is 10.2. The first-order chi connectivity index (χ1) is 19.4. The number of halogens is 1. The van der Waals surface area contributed by atoms with Crippen LogP contribution in [0, 0.1) is 0 Å². The van der Waals surface area contributed by atoms with Crippen LogP contribution in [0.1, 0.15) is 23.9 Å². The van der Waals surface area contributed by atoms with Crippen molar-refractivity contribution in [2.24, 2.45) is 0 Å². The van der Waals surface area contributed by atoms with Gasteiger partial charge in [0.1, 0.15) is 11.9 Å². The molecule has 1 unspecified atom stereocenters. The fourth-order valence-corrected chi connectivity index (χ4v) is 4.32. The van der Waals surface area contributed by atoms with E-state index in [2.05, 4.69) is 20.9 Å². The third-order valence-corrected chi connectivity index (χ3v) is 6.18. The number of hydrogen-bond acceptors (Lipinski definition) is 6. The number of anilines is 1. The van der Waals surface area contributed by atoms with E-state index < -0.39 is 23.7 Å². The lowest BCUT2D eigenvalue weighted by molar-refractivity contribution is 0.0937. The van der Waals surface area contributed by atoms with Gasteiger partial charge in [-0.25, -0.2) is 14.6 Å². The Balaban J connectivity index is 1.76. The maximum atomic E-state index is 13.9. The quantitative estimate of drug-likeness (QED) is 0.172. The Kier molecular flexibility index (Phi) is 9.68. The predicted octanol–water partition coefficient (Wildman–Crippen LogP) is 4.07. The van der Waals surface area contributed by atoms with Crippen LogP contribution in [-0.4, -0.2) is 51.6 Å². The maximum Gasteiger partial charge on any atom is 0.405 e. The molecule has 0 saturated carbocycles. The molecule has 1 heterocycles. The minimum absolute atomic E-state index is 0.0560. The van der Waals surface area contributed by atoms with Crippen molar-refractivity contribution < 1.29 is 24.5 Å². The fraction of sp³-hybridized carbons (Fsp3) is 0.214. The molecule has 1 aromatic heterocycles. The summed E-state index contributed by atoms with van der Waals surface area (Å²) in [5.74, 6) is 0.0831. The van der Waals surface area contributed by atoms with Crippen LogP contribution in [-0.2, 0) is 11.3 Å². The molecule has 0 aliphatic rings. The Morgan fingerprint density at radius 1 is 1.05 bits per heavy atom. The molecule has 0 aliphatic heterocycles. The zero-order valence-electron chi connectivity index (χ0n) is 21.3. The number of ether oxygens (including phenoxy) is 1. The number of benzene rings is 3. The van der Waals surface area contributed by atoms with E-state index in [0.29, 0.717) is 23.3 Å². The number of aromatic nitrogens is 2. The van der Waals surface area contributed by atoms with E-state index in [1.54, 1.807) is 42.5 Å². The van der Waals surface area contributed by atoms with Gasteiger partial charge in [0.2, 0.25) is 0 Å². The number of nitrogens with one attached hydrogen (secondary N) is 3. The van der Waals surface area contributed by atoms with Crippen molar-refractivity contribution in [3.63, 3.8) is 0 Å². The van der Waals surface area contributed by atoms with Gasteiger partial charge in [0, 0.05) is 18.8 Å². The maximum absolute atomic E-state index is 13.9. The van der Waals surface area contributed by atoms with Crippen LogP contribution in [0.2, 0.25) is 5.02 Å².